The average molecular weight is 311 g/mol. The summed E-state index contributed by atoms with van der Waals surface area (Å²) in [6, 6.07) is 2.22. The maximum Gasteiger partial charge on any atom is 0.225 e. The Morgan fingerprint density at radius 1 is 1.20 bits per heavy atom. The van der Waals surface area contributed by atoms with Crippen molar-refractivity contribution in [2.75, 3.05) is 37.6 Å². The lowest BCUT2D eigenvalue weighted by atomic mass is 10.2. The minimum atomic E-state index is 0.356. The Labute approximate surface area is 128 Å². The van der Waals surface area contributed by atoms with Crippen molar-refractivity contribution in [3.63, 3.8) is 0 Å². The number of anilines is 1. The summed E-state index contributed by atoms with van der Waals surface area (Å²) in [5, 5.41) is 1.51. The molecule has 3 rings (SSSR count). The first-order chi connectivity index (χ1) is 9.71. The molecule has 0 aliphatic carbocycles. The summed E-state index contributed by atoms with van der Waals surface area (Å²) in [6.07, 6.45) is 1.03. The number of fused-ring (bicyclic) bond motifs is 1. The molecule has 0 N–H and O–H groups in total. The molecule has 4 nitrogen and oxygen atoms in total. The van der Waals surface area contributed by atoms with Gasteiger partial charge in [-0.1, -0.05) is 13.8 Å². The van der Waals surface area contributed by atoms with Gasteiger partial charge in [0.25, 0.3) is 0 Å². The zero-order valence-electron chi connectivity index (χ0n) is 11.9. The Morgan fingerprint density at radius 2 is 1.95 bits per heavy atom. The summed E-state index contributed by atoms with van der Waals surface area (Å²) in [6.45, 7) is 9.68. The molecule has 0 aromatic carbocycles. The zero-order valence-corrected chi connectivity index (χ0v) is 13.5. The van der Waals surface area contributed by atoms with E-state index < -0.39 is 0 Å². The molecule has 20 heavy (non-hydrogen) atoms. The smallest absolute Gasteiger partial charge is 0.225 e. The fourth-order valence-electron chi connectivity index (χ4n) is 2.62. The van der Waals surface area contributed by atoms with Gasteiger partial charge in [-0.25, -0.2) is 4.98 Å². The van der Waals surface area contributed by atoms with Gasteiger partial charge in [0.05, 0.1) is 5.39 Å². The van der Waals surface area contributed by atoms with Gasteiger partial charge in [0.15, 0.2) is 0 Å². The van der Waals surface area contributed by atoms with Crippen LogP contribution in [-0.2, 0) is 6.42 Å². The summed E-state index contributed by atoms with van der Waals surface area (Å²) in [7, 11) is 0. The predicted octanol–water partition coefficient (Wildman–Crippen LogP) is 3.05. The predicted molar refractivity (Wildman–Crippen MR) is 86.1 cm³/mol. The Balaban J connectivity index is 1.96. The summed E-state index contributed by atoms with van der Waals surface area (Å²) in [5.41, 5.74) is 0. The van der Waals surface area contributed by atoms with E-state index >= 15 is 0 Å². The first kappa shape index (κ1) is 14.0. The lowest BCUT2D eigenvalue weighted by Gasteiger charge is -2.35. The number of aryl methyl sites for hydroxylation is 1. The second kappa shape index (κ2) is 5.84. The van der Waals surface area contributed by atoms with Crippen LogP contribution in [0.4, 0.5) is 5.82 Å². The van der Waals surface area contributed by atoms with E-state index in [-0.39, 0.29) is 0 Å². The quantitative estimate of drug-likeness (QED) is 0.816. The molecule has 1 saturated heterocycles. The van der Waals surface area contributed by atoms with Crippen molar-refractivity contribution >= 4 is 39.0 Å². The van der Waals surface area contributed by atoms with Gasteiger partial charge in [-0.05, 0) is 30.6 Å². The van der Waals surface area contributed by atoms with Crippen molar-refractivity contribution in [3.05, 3.63) is 16.2 Å². The molecular formula is C14H19ClN4S. The van der Waals surface area contributed by atoms with E-state index in [0.29, 0.717) is 5.28 Å². The number of hydrogen-bond donors (Lipinski definition) is 0. The average Bonchev–Trinajstić information content (AvgIpc) is 2.89. The van der Waals surface area contributed by atoms with Gasteiger partial charge >= 0.3 is 0 Å². The molecule has 2 aromatic rings. The van der Waals surface area contributed by atoms with Crippen molar-refractivity contribution in [1.82, 2.24) is 14.9 Å². The summed E-state index contributed by atoms with van der Waals surface area (Å²) >= 11 is 7.82. The molecule has 1 aliphatic rings. The van der Waals surface area contributed by atoms with Crippen LogP contribution >= 0.6 is 22.9 Å². The molecule has 108 valence electrons. The summed E-state index contributed by atoms with van der Waals surface area (Å²) in [5.74, 6) is 1.01. The maximum absolute atomic E-state index is 6.10. The van der Waals surface area contributed by atoms with Crippen molar-refractivity contribution < 1.29 is 0 Å². The molecule has 0 saturated carbocycles. The summed E-state index contributed by atoms with van der Waals surface area (Å²) < 4.78 is 0. The van der Waals surface area contributed by atoms with E-state index in [2.05, 4.69) is 39.7 Å². The second-order valence-corrected chi connectivity index (χ2v) is 6.48. The fraction of sp³-hybridized carbons (Fsp3) is 0.571. The van der Waals surface area contributed by atoms with Crippen LogP contribution in [0.15, 0.2) is 6.07 Å². The molecule has 0 spiro atoms. The van der Waals surface area contributed by atoms with Crippen LogP contribution in [0.1, 0.15) is 18.7 Å². The van der Waals surface area contributed by atoms with E-state index in [4.69, 9.17) is 11.6 Å². The van der Waals surface area contributed by atoms with Crippen molar-refractivity contribution in [1.29, 1.82) is 0 Å². The van der Waals surface area contributed by atoms with Crippen LogP contribution in [0.2, 0.25) is 5.28 Å². The third kappa shape index (κ3) is 2.62. The Kier molecular flexibility index (Phi) is 4.10. The van der Waals surface area contributed by atoms with Crippen LogP contribution in [0, 0.1) is 0 Å². The lowest BCUT2D eigenvalue weighted by molar-refractivity contribution is 0.271. The molecule has 0 bridgehead atoms. The Bertz CT molecular complexity index is 604. The molecule has 2 aromatic heterocycles. The number of aromatic nitrogens is 2. The van der Waals surface area contributed by atoms with Crippen molar-refractivity contribution in [2.24, 2.45) is 0 Å². The van der Waals surface area contributed by atoms with E-state index in [1.54, 1.807) is 11.3 Å². The molecule has 0 atom stereocenters. The third-order valence-corrected chi connectivity index (χ3v) is 5.21. The van der Waals surface area contributed by atoms with Gasteiger partial charge in [0.1, 0.15) is 10.6 Å². The molecule has 1 aliphatic heterocycles. The second-order valence-electron chi connectivity index (χ2n) is 5.02. The standard InChI is InChI=1S/C14H19ClN4S/c1-3-10-9-11-12(16-14(15)17-13(11)20-10)19-7-5-18(4-2)6-8-19/h9H,3-8H2,1-2H3. The van der Waals surface area contributed by atoms with E-state index in [1.165, 1.54) is 4.88 Å². The van der Waals surface area contributed by atoms with Gasteiger partial charge in [0, 0.05) is 31.1 Å². The Morgan fingerprint density at radius 3 is 2.60 bits per heavy atom. The van der Waals surface area contributed by atoms with Crippen LogP contribution in [0.5, 0.6) is 0 Å². The van der Waals surface area contributed by atoms with Gasteiger partial charge in [-0.2, -0.15) is 4.98 Å². The highest BCUT2D eigenvalue weighted by molar-refractivity contribution is 7.18. The molecule has 6 heteroatoms. The van der Waals surface area contributed by atoms with Crippen LogP contribution in [0.25, 0.3) is 10.2 Å². The minimum Gasteiger partial charge on any atom is -0.353 e. The number of rotatable bonds is 3. The molecule has 1 fully saturated rings. The molecule has 0 radical (unpaired) electrons. The van der Waals surface area contributed by atoms with Gasteiger partial charge < -0.3 is 9.80 Å². The van der Waals surface area contributed by atoms with Crippen LogP contribution in [-0.4, -0.2) is 47.6 Å². The molecule has 0 amide bonds. The van der Waals surface area contributed by atoms with Gasteiger partial charge in [-0.3, -0.25) is 0 Å². The first-order valence-corrected chi connectivity index (χ1v) is 8.34. The number of piperazine rings is 1. The fourth-order valence-corrected chi connectivity index (χ4v) is 3.80. The van der Waals surface area contributed by atoms with E-state index in [9.17, 15) is 0 Å². The maximum atomic E-state index is 6.10. The highest BCUT2D eigenvalue weighted by Gasteiger charge is 2.20. The highest BCUT2D eigenvalue weighted by Crippen LogP contribution is 2.32. The minimum absolute atomic E-state index is 0.356. The van der Waals surface area contributed by atoms with Gasteiger partial charge in [-0.15, -0.1) is 11.3 Å². The summed E-state index contributed by atoms with van der Waals surface area (Å²) in [4.78, 5) is 16.0. The monoisotopic (exact) mass is 310 g/mol. The number of likely N-dealkylation sites (N-methyl/N-ethyl adjacent to an activating group) is 1. The van der Waals surface area contributed by atoms with Gasteiger partial charge in [0.2, 0.25) is 5.28 Å². The van der Waals surface area contributed by atoms with E-state index in [1.807, 2.05) is 0 Å². The lowest BCUT2D eigenvalue weighted by Crippen LogP contribution is -2.46. The van der Waals surface area contributed by atoms with Crippen molar-refractivity contribution in [3.8, 4) is 0 Å². The van der Waals surface area contributed by atoms with Crippen LogP contribution in [0.3, 0.4) is 0 Å². The number of halogens is 1. The molecule has 0 unspecified atom stereocenters. The first-order valence-electron chi connectivity index (χ1n) is 7.14. The van der Waals surface area contributed by atoms with E-state index in [0.717, 1.165) is 55.2 Å². The number of hydrogen-bond acceptors (Lipinski definition) is 5. The topological polar surface area (TPSA) is 32.3 Å². The molecular weight excluding hydrogens is 292 g/mol. The zero-order chi connectivity index (χ0) is 14.1. The SMILES string of the molecule is CCc1cc2c(N3CCN(CC)CC3)nc(Cl)nc2s1. The number of nitrogens with zero attached hydrogens (tertiary/aromatic N) is 4. The Hall–Kier alpha value is -0.910. The highest BCUT2D eigenvalue weighted by atomic mass is 35.5. The largest absolute Gasteiger partial charge is 0.353 e. The normalized spacial score (nSPS) is 17.1. The molecule has 3 heterocycles. The third-order valence-electron chi connectivity index (χ3n) is 3.86. The van der Waals surface area contributed by atoms with Crippen molar-refractivity contribution in [2.45, 2.75) is 20.3 Å². The number of thiophene rings is 1. The van der Waals surface area contributed by atoms with Crippen LogP contribution < -0.4 is 4.90 Å².